The summed E-state index contributed by atoms with van der Waals surface area (Å²) in [6, 6.07) is 4.05. The number of aromatic hydroxyl groups is 1. The predicted molar refractivity (Wildman–Crippen MR) is 125 cm³/mol. The van der Waals surface area contributed by atoms with Gasteiger partial charge in [-0.3, -0.25) is 0 Å². The van der Waals surface area contributed by atoms with Crippen molar-refractivity contribution in [3.8, 4) is 11.5 Å². The van der Waals surface area contributed by atoms with Crippen molar-refractivity contribution in [1.82, 2.24) is 10.2 Å². The largest absolute Gasteiger partial charge is 0.504 e. The lowest BCUT2D eigenvalue weighted by Crippen LogP contribution is -2.70. The van der Waals surface area contributed by atoms with Crippen LogP contribution in [-0.4, -0.2) is 98.6 Å². The van der Waals surface area contributed by atoms with Crippen LogP contribution in [0.15, 0.2) is 28.7 Å². The molecule has 0 radical (unpaired) electrons. The highest BCUT2D eigenvalue weighted by molar-refractivity contribution is 5.61. The number of benzene rings is 1. The SMILES string of the molecule is Cc1nnc([C@H]2O[C@@H](O[C@H]3C=C[C@H]4[C@H]5Cc6ccc(O)c7c6[C@@]4(CC[N+]5(C)C)[C@H]3O7)[C@H](O)[C@@H](O)[C@@H]2O)o1. The third kappa shape index (κ3) is 3.09. The second kappa shape index (κ2) is 7.75. The summed E-state index contributed by atoms with van der Waals surface area (Å²) in [5.74, 6) is 1.08. The molecule has 0 amide bonds. The Morgan fingerprint density at radius 1 is 1.08 bits per heavy atom. The second-order valence-corrected chi connectivity index (χ2v) is 11.6. The number of piperidine rings is 1. The molecule has 198 valence electrons. The maximum absolute atomic E-state index is 10.8. The monoisotopic (exact) mass is 514 g/mol. The minimum absolute atomic E-state index is 0.0103. The molecule has 2 bridgehead atoms. The van der Waals surface area contributed by atoms with Crippen LogP contribution < -0.4 is 4.74 Å². The molecule has 4 heterocycles. The number of nitrogens with zero attached hydrogens (tertiary/aromatic N) is 3. The zero-order valence-electron chi connectivity index (χ0n) is 20.9. The van der Waals surface area contributed by atoms with Gasteiger partial charge in [0.25, 0.3) is 0 Å². The minimum Gasteiger partial charge on any atom is -0.504 e. The van der Waals surface area contributed by atoms with E-state index in [-0.39, 0.29) is 28.9 Å². The first-order chi connectivity index (χ1) is 17.6. The van der Waals surface area contributed by atoms with E-state index in [1.807, 2.05) is 12.1 Å². The summed E-state index contributed by atoms with van der Waals surface area (Å²) < 4.78 is 25.1. The molecule has 0 saturated carbocycles. The van der Waals surface area contributed by atoms with Gasteiger partial charge in [-0.25, -0.2) is 0 Å². The van der Waals surface area contributed by atoms with Crippen molar-refractivity contribution in [3.05, 3.63) is 47.2 Å². The van der Waals surface area contributed by atoms with Crippen LogP contribution in [0.4, 0.5) is 0 Å². The average molecular weight is 515 g/mol. The molecule has 2 fully saturated rings. The minimum atomic E-state index is -1.56. The molecule has 5 aliphatic rings. The molecule has 2 aromatic rings. The van der Waals surface area contributed by atoms with Crippen molar-refractivity contribution in [3.63, 3.8) is 0 Å². The fourth-order valence-electron chi connectivity index (χ4n) is 7.45. The first kappa shape index (κ1) is 23.6. The molecule has 1 aromatic heterocycles. The Balaban J connectivity index is 1.25. The number of aromatic nitrogens is 2. The van der Waals surface area contributed by atoms with Gasteiger partial charge >= 0.3 is 0 Å². The molecule has 1 aromatic carbocycles. The highest BCUT2D eigenvalue weighted by atomic mass is 16.7. The zero-order valence-corrected chi connectivity index (χ0v) is 20.9. The van der Waals surface area contributed by atoms with Crippen molar-refractivity contribution in [1.29, 1.82) is 0 Å². The number of rotatable bonds is 3. The van der Waals surface area contributed by atoms with E-state index in [1.54, 1.807) is 13.0 Å². The number of ether oxygens (including phenoxy) is 3. The highest BCUT2D eigenvalue weighted by Gasteiger charge is 2.68. The third-order valence-corrected chi connectivity index (χ3v) is 9.33. The lowest BCUT2D eigenvalue weighted by molar-refractivity contribution is -0.926. The number of aliphatic hydroxyl groups excluding tert-OH is 3. The number of likely N-dealkylation sites (tertiary alicyclic amines) is 1. The number of quaternary nitrogens is 1. The molecule has 2 aliphatic carbocycles. The zero-order chi connectivity index (χ0) is 25.9. The van der Waals surface area contributed by atoms with E-state index < -0.39 is 42.9 Å². The van der Waals surface area contributed by atoms with Gasteiger partial charge in [0.05, 0.1) is 26.1 Å². The third-order valence-electron chi connectivity index (χ3n) is 9.33. The summed E-state index contributed by atoms with van der Waals surface area (Å²) in [5.41, 5.74) is 1.87. The van der Waals surface area contributed by atoms with Crippen LogP contribution in [0.3, 0.4) is 0 Å². The van der Waals surface area contributed by atoms with Gasteiger partial charge < -0.3 is 43.5 Å². The van der Waals surface area contributed by atoms with Crippen molar-refractivity contribution >= 4 is 0 Å². The van der Waals surface area contributed by atoms with E-state index in [9.17, 15) is 20.4 Å². The van der Waals surface area contributed by atoms with Crippen LogP contribution in [0.5, 0.6) is 11.5 Å². The molecule has 0 unspecified atom stereocenters. The summed E-state index contributed by atoms with van der Waals surface area (Å²) in [6.45, 7) is 2.55. The standard InChI is InChI=1S/C26H31N3O8/c1-11-27-28-24(34-11)22-19(32)18(31)20(33)25(37-22)35-16-7-5-13-14-10-12-4-6-15(30)21-17(12)26(13,23(16)36-21)8-9-29(14,2)3/h4-7,13-14,16,18-20,22-23,25,31-33H,8-10H2,1-3H3/p+1/t13-,14+,16-,18-,19-,20+,22-,23-,25+,26-/m0/s1. The van der Waals surface area contributed by atoms with E-state index in [1.165, 1.54) is 5.56 Å². The fourth-order valence-corrected chi connectivity index (χ4v) is 7.45. The maximum atomic E-state index is 10.8. The lowest BCUT2D eigenvalue weighted by atomic mass is 9.53. The fraction of sp³-hybridized carbons (Fsp3) is 0.615. The van der Waals surface area contributed by atoms with E-state index in [2.05, 4.69) is 30.4 Å². The summed E-state index contributed by atoms with van der Waals surface area (Å²) in [5, 5.41) is 50.4. The van der Waals surface area contributed by atoms with Crippen LogP contribution in [0.1, 0.15) is 35.4 Å². The van der Waals surface area contributed by atoms with E-state index in [4.69, 9.17) is 18.6 Å². The van der Waals surface area contributed by atoms with Crippen molar-refractivity contribution < 1.29 is 43.5 Å². The normalized spacial score (nSPS) is 42.8. The van der Waals surface area contributed by atoms with Gasteiger partial charge in [0.15, 0.2) is 23.9 Å². The summed E-state index contributed by atoms with van der Waals surface area (Å²) >= 11 is 0. The smallest absolute Gasteiger partial charge is 0.248 e. The number of hydrogen-bond acceptors (Lipinski definition) is 10. The Kier molecular flexibility index (Phi) is 4.93. The van der Waals surface area contributed by atoms with Crippen LogP contribution >= 0.6 is 0 Å². The first-order valence-corrected chi connectivity index (χ1v) is 12.8. The number of likely N-dealkylation sites (N-methyl/N-ethyl adjacent to an activating group) is 1. The Hall–Kier alpha value is -2.54. The predicted octanol–water partition coefficient (Wildman–Crippen LogP) is 0.239. The molecule has 7 rings (SSSR count). The van der Waals surface area contributed by atoms with Crippen LogP contribution in [0, 0.1) is 12.8 Å². The van der Waals surface area contributed by atoms with Crippen molar-refractivity contribution in [2.75, 3.05) is 20.6 Å². The van der Waals surface area contributed by atoms with Gasteiger partial charge in [-0.2, -0.15) is 0 Å². The average Bonchev–Trinajstić information content (AvgIpc) is 3.45. The summed E-state index contributed by atoms with van der Waals surface area (Å²) in [7, 11) is 4.53. The molecule has 10 atom stereocenters. The number of phenolic OH excluding ortho intramolecular Hbond substituents is 1. The Bertz CT molecular complexity index is 1280. The molecule has 11 heteroatoms. The Morgan fingerprint density at radius 2 is 1.89 bits per heavy atom. The van der Waals surface area contributed by atoms with Crippen LogP contribution in [-0.2, 0) is 21.3 Å². The first-order valence-electron chi connectivity index (χ1n) is 12.8. The maximum Gasteiger partial charge on any atom is 0.248 e. The van der Waals surface area contributed by atoms with Crippen LogP contribution in [0.25, 0.3) is 0 Å². The van der Waals surface area contributed by atoms with Gasteiger partial charge in [-0.15, -0.1) is 10.2 Å². The number of hydrogen-bond donors (Lipinski definition) is 4. The van der Waals surface area contributed by atoms with Crippen LogP contribution in [0.2, 0.25) is 0 Å². The van der Waals surface area contributed by atoms with Gasteiger partial charge in [-0.1, -0.05) is 18.2 Å². The molecule has 1 spiro atoms. The number of phenols is 1. The van der Waals surface area contributed by atoms with Gasteiger partial charge in [-0.05, 0) is 11.6 Å². The molecular formula is C26H32N3O8+. The van der Waals surface area contributed by atoms with Gasteiger partial charge in [0.2, 0.25) is 11.8 Å². The molecule has 2 saturated heterocycles. The topological polar surface area (TPSA) is 148 Å². The van der Waals surface area contributed by atoms with Gasteiger partial charge in [0.1, 0.15) is 36.6 Å². The van der Waals surface area contributed by atoms with E-state index >= 15 is 0 Å². The molecule has 37 heavy (non-hydrogen) atoms. The van der Waals surface area contributed by atoms with Crippen molar-refractivity contribution in [2.45, 2.75) is 74.1 Å². The Morgan fingerprint density at radius 3 is 2.65 bits per heavy atom. The van der Waals surface area contributed by atoms with E-state index in [0.717, 1.165) is 29.4 Å². The van der Waals surface area contributed by atoms with Gasteiger partial charge in [0, 0.05) is 31.2 Å². The van der Waals surface area contributed by atoms with E-state index in [0.29, 0.717) is 11.8 Å². The summed E-state index contributed by atoms with van der Waals surface area (Å²) in [4.78, 5) is 0. The Labute approximate surface area is 213 Å². The second-order valence-electron chi connectivity index (χ2n) is 11.6. The molecule has 3 aliphatic heterocycles. The summed E-state index contributed by atoms with van der Waals surface area (Å²) in [6.07, 6.45) is -2.26. The lowest BCUT2D eigenvalue weighted by Gasteiger charge is -2.59. The molecule has 4 N–H and O–H groups in total. The quantitative estimate of drug-likeness (QED) is 0.332. The molecular weight excluding hydrogens is 482 g/mol. The number of aliphatic hydroxyl groups is 3. The van der Waals surface area contributed by atoms with Crippen molar-refractivity contribution in [2.24, 2.45) is 5.92 Å². The highest BCUT2D eigenvalue weighted by Crippen LogP contribution is 2.63. The molecule has 11 nitrogen and oxygen atoms in total. The number of aryl methyl sites for hydroxylation is 1.